The normalized spacial score (nSPS) is 12.8. The number of anilines is 1. The molecule has 0 aliphatic heterocycles. The summed E-state index contributed by atoms with van der Waals surface area (Å²) in [5.41, 5.74) is 2.25. The molecule has 120 valence electrons. The Morgan fingerprint density at radius 2 is 2.00 bits per heavy atom. The van der Waals surface area contributed by atoms with Crippen LogP contribution in [0.25, 0.3) is 10.9 Å². The SMILES string of the molecule is CCN(CC)CCC[C@@H](C)Nc1ccnc2cc(I)ccc12. The molecule has 22 heavy (non-hydrogen) atoms. The zero-order valence-electron chi connectivity index (χ0n) is 13.8. The van der Waals surface area contributed by atoms with Gasteiger partial charge >= 0.3 is 0 Å². The lowest BCUT2D eigenvalue weighted by atomic mass is 10.1. The predicted octanol–water partition coefficient (Wildman–Crippen LogP) is 4.76. The summed E-state index contributed by atoms with van der Waals surface area (Å²) in [4.78, 5) is 6.95. The van der Waals surface area contributed by atoms with Crippen LogP contribution in [0, 0.1) is 3.57 Å². The molecule has 0 aliphatic carbocycles. The molecule has 0 unspecified atom stereocenters. The molecule has 1 N–H and O–H groups in total. The Labute approximate surface area is 147 Å². The molecule has 0 radical (unpaired) electrons. The number of nitrogens with zero attached hydrogens (tertiary/aromatic N) is 2. The van der Waals surface area contributed by atoms with Crippen LogP contribution in [-0.2, 0) is 0 Å². The van der Waals surface area contributed by atoms with Crippen molar-refractivity contribution in [3.63, 3.8) is 0 Å². The van der Waals surface area contributed by atoms with E-state index < -0.39 is 0 Å². The van der Waals surface area contributed by atoms with Crippen molar-refractivity contribution in [1.29, 1.82) is 0 Å². The van der Waals surface area contributed by atoms with E-state index in [2.05, 4.69) is 82.8 Å². The van der Waals surface area contributed by atoms with Gasteiger partial charge in [0.1, 0.15) is 0 Å². The Morgan fingerprint density at radius 3 is 2.73 bits per heavy atom. The standard InChI is InChI=1S/C18H26IN3/c1-4-22(5-2)12-6-7-14(3)21-17-10-11-20-18-13-15(19)8-9-16(17)18/h8-11,13-14H,4-7,12H2,1-3H3,(H,20,21)/t14-/m1/s1. The smallest absolute Gasteiger partial charge is 0.0733 e. The second kappa shape index (κ2) is 8.67. The van der Waals surface area contributed by atoms with Crippen LogP contribution in [0.3, 0.4) is 0 Å². The third-order valence-corrected chi connectivity index (χ3v) is 4.78. The Morgan fingerprint density at radius 1 is 1.23 bits per heavy atom. The van der Waals surface area contributed by atoms with Gasteiger partial charge in [-0.1, -0.05) is 13.8 Å². The first-order chi connectivity index (χ1) is 10.6. The highest BCUT2D eigenvalue weighted by atomic mass is 127. The topological polar surface area (TPSA) is 28.2 Å². The van der Waals surface area contributed by atoms with Crippen molar-refractivity contribution in [1.82, 2.24) is 9.88 Å². The third-order valence-electron chi connectivity index (χ3n) is 4.11. The molecule has 2 aromatic rings. The molecular weight excluding hydrogens is 385 g/mol. The van der Waals surface area contributed by atoms with E-state index in [9.17, 15) is 0 Å². The lowest BCUT2D eigenvalue weighted by Gasteiger charge is -2.20. The number of halogens is 1. The summed E-state index contributed by atoms with van der Waals surface area (Å²) in [6.45, 7) is 10.2. The van der Waals surface area contributed by atoms with Crippen molar-refractivity contribution >= 4 is 39.2 Å². The monoisotopic (exact) mass is 411 g/mol. The number of pyridine rings is 1. The molecule has 1 aromatic heterocycles. The van der Waals surface area contributed by atoms with Gasteiger partial charge in [0.25, 0.3) is 0 Å². The van der Waals surface area contributed by atoms with Gasteiger partial charge in [0.2, 0.25) is 0 Å². The van der Waals surface area contributed by atoms with Gasteiger partial charge < -0.3 is 10.2 Å². The summed E-state index contributed by atoms with van der Waals surface area (Å²) >= 11 is 2.33. The van der Waals surface area contributed by atoms with Crippen LogP contribution < -0.4 is 5.32 Å². The zero-order valence-corrected chi connectivity index (χ0v) is 15.9. The van der Waals surface area contributed by atoms with Crippen LogP contribution in [0.4, 0.5) is 5.69 Å². The number of hydrogen-bond acceptors (Lipinski definition) is 3. The van der Waals surface area contributed by atoms with E-state index in [1.165, 1.54) is 34.0 Å². The van der Waals surface area contributed by atoms with E-state index in [4.69, 9.17) is 0 Å². The average Bonchev–Trinajstić information content (AvgIpc) is 2.51. The van der Waals surface area contributed by atoms with Gasteiger partial charge in [0.05, 0.1) is 5.52 Å². The number of fused-ring (bicyclic) bond motifs is 1. The number of rotatable bonds is 8. The largest absolute Gasteiger partial charge is 0.382 e. The van der Waals surface area contributed by atoms with Crippen LogP contribution in [0.1, 0.15) is 33.6 Å². The Hall–Kier alpha value is -0.880. The second-order valence-corrected chi connectivity index (χ2v) is 6.98. The molecular formula is C18H26IN3. The molecule has 0 spiro atoms. The van der Waals surface area contributed by atoms with Gasteiger partial charge in [0.15, 0.2) is 0 Å². The van der Waals surface area contributed by atoms with Crippen LogP contribution >= 0.6 is 22.6 Å². The summed E-state index contributed by atoms with van der Waals surface area (Å²) < 4.78 is 1.22. The molecule has 1 atom stereocenters. The van der Waals surface area contributed by atoms with Gasteiger partial charge in [-0.05, 0) is 86.3 Å². The molecule has 4 heteroatoms. The predicted molar refractivity (Wildman–Crippen MR) is 105 cm³/mol. The maximum absolute atomic E-state index is 4.47. The van der Waals surface area contributed by atoms with Gasteiger partial charge in [-0.25, -0.2) is 0 Å². The summed E-state index contributed by atoms with van der Waals surface area (Å²) in [6, 6.07) is 8.98. The minimum absolute atomic E-state index is 0.473. The van der Waals surface area contributed by atoms with Crippen molar-refractivity contribution in [2.75, 3.05) is 25.0 Å². The molecule has 3 nitrogen and oxygen atoms in total. The summed E-state index contributed by atoms with van der Waals surface area (Å²) in [6.07, 6.45) is 4.31. The van der Waals surface area contributed by atoms with Gasteiger partial charge in [-0.3, -0.25) is 4.98 Å². The molecule has 1 heterocycles. The molecule has 0 saturated carbocycles. The van der Waals surface area contributed by atoms with Gasteiger partial charge in [-0.15, -0.1) is 0 Å². The van der Waals surface area contributed by atoms with Crippen molar-refractivity contribution in [2.24, 2.45) is 0 Å². The van der Waals surface area contributed by atoms with Crippen LogP contribution in [0.2, 0.25) is 0 Å². The van der Waals surface area contributed by atoms with Crippen molar-refractivity contribution in [3.05, 3.63) is 34.0 Å². The fourth-order valence-corrected chi connectivity index (χ4v) is 3.22. The first-order valence-corrected chi connectivity index (χ1v) is 9.25. The lowest BCUT2D eigenvalue weighted by molar-refractivity contribution is 0.295. The quantitative estimate of drug-likeness (QED) is 0.635. The van der Waals surface area contributed by atoms with Crippen LogP contribution in [0.5, 0.6) is 0 Å². The molecule has 2 rings (SSSR count). The van der Waals surface area contributed by atoms with E-state index in [0.29, 0.717) is 6.04 Å². The van der Waals surface area contributed by atoms with Crippen LogP contribution in [0.15, 0.2) is 30.5 Å². The minimum atomic E-state index is 0.473. The second-order valence-electron chi connectivity index (χ2n) is 5.73. The zero-order chi connectivity index (χ0) is 15.9. The number of aromatic nitrogens is 1. The highest BCUT2D eigenvalue weighted by Gasteiger charge is 2.07. The first-order valence-electron chi connectivity index (χ1n) is 8.17. The molecule has 0 saturated heterocycles. The maximum atomic E-state index is 4.47. The summed E-state index contributed by atoms with van der Waals surface area (Å²) in [5, 5.41) is 4.86. The Kier molecular flexibility index (Phi) is 6.89. The van der Waals surface area contributed by atoms with E-state index in [1.807, 2.05) is 6.20 Å². The lowest BCUT2D eigenvalue weighted by Crippen LogP contribution is -2.25. The molecule has 0 aliphatic rings. The van der Waals surface area contributed by atoms with Crippen LogP contribution in [-0.4, -0.2) is 35.6 Å². The maximum Gasteiger partial charge on any atom is 0.0733 e. The first kappa shape index (κ1) is 17.5. The number of nitrogens with one attached hydrogen (secondary N) is 1. The highest BCUT2D eigenvalue weighted by Crippen LogP contribution is 2.24. The molecule has 0 amide bonds. The van der Waals surface area contributed by atoms with E-state index in [-0.39, 0.29) is 0 Å². The minimum Gasteiger partial charge on any atom is -0.382 e. The summed E-state index contributed by atoms with van der Waals surface area (Å²) in [7, 11) is 0. The van der Waals surface area contributed by atoms with Gasteiger partial charge in [0, 0.05) is 26.9 Å². The van der Waals surface area contributed by atoms with Crippen molar-refractivity contribution in [3.8, 4) is 0 Å². The summed E-state index contributed by atoms with van der Waals surface area (Å²) in [5.74, 6) is 0. The number of benzene rings is 1. The Balaban J connectivity index is 1.95. The Bertz CT molecular complexity index is 596. The fourth-order valence-electron chi connectivity index (χ4n) is 2.75. The fraction of sp³-hybridized carbons (Fsp3) is 0.500. The molecule has 0 fully saturated rings. The van der Waals surface area contributed by atoms with Crippen molar-refractivity contribution < 1.29 is 0 Å². The van der Waals surface area contributed by atoms with E-state index in [1.54, 1.807) is 0 Å². The van der Waals surface area contributed by atoms with Crippen molar-refractivity contribution in [2.45, 2.75) is 39.7 Å². The average molecular weight is 411 g/mol. The third kappa shape index (κ3) is 4.81. The molecule has 1 aromatic carbocycles. The molecule has 0 bridgehead atoms. The highest BCUT2D eigenvalue weighted by molar-refractivity contribution is 14.1. The van der Waals surface area contributed by atoms with E-state index >= 15 is 0 Å². The van der Waals surface area contributed by atoms with E-state index in [0.717, 1.165) is 18.6 Å². The number of hydrogen-bond donors (Lipinski definition) is 1. The van der Waals surface area contributed by atoms with Gasteiger partial charge in [-0.2, -0.15) is 0 Å².